The number of likely N-dealkylation sites (tertiary alicyclic amines) is 1. The van der Waals surface area contributed by atoms with Crippen LogP contribution in [0.1, 0.15) is 19.8 Å². The minimum absolute atomic E-state index is 0.0779. The highest BCUT2D eigenvalue weighted by atomic mass is 19.4. The molecule has 1 saturated heterocycles. The number of carbonyl (C=O) groups excluding carboxylic acids is 1. The zero-order valence-electron chi connectivity index (χ0n) is 13.0. The highest BCUT2D eigenvalue weighted by Crippen LogP contribution is 2.27. The van der Waals surface area contributed by atoms with Gasteiger partial charge >= 0.3 is 6.18 Å². The Kier molecular flexibility index (Phi) is 5.51. The van der Waals surface area contributed by atoms with Crippen LogP contribution in [0, 0.1) is 0 Å². The Morgan fingerprint density at radius 3 is 2.57 bits per heavy atom. The Bertz CT molecular complexity index is 522. The zero-order chi connectivity index (χ0) is 17.0. The van der Waals surface area contributed by atoms with Gasteiger partial charge in [0.25, 0.3) is 0 Å². The molecule has 0 radical (unpaired) electrons. The van der Waals surface area contributed by atoms with Crippen LogP contribution in [-0.4, -0.2) is 53.9 Å². The molecule has 1 aromatic carbocycles. The van der Waals surface area contributed by atoms with Crippen molar-refractivity contribution in [2.45, 2.75) is 38.1 Å². The molecule has 0 aromatic heterocycles. The molecule has 128 valence electrons. The molecule has 7 heteroatoms. The van der Waals surface area contributed by atoms with E-state index in [1.807, 2.05) is 13.0 Å². The van der Waals surface area contributed by atoms with Crippen LogP contribution >= 0.6 is 0 Å². The average Bonchev–Trinajstić information content (AvgIpc) is 2.84. The number of alkyl halides is 3. The van der Waals surface area contributed by atoms with E-state index in [1.54, 1.807) is 29.2 Å². The highest BCUT2D eigenvalue weighted by Gasteiger charge is 2.41. The summed E-state index contributed by atoms with van der Waals surface area (Å²) in [6.45, 7) is 0.896. The Labute approximate surface area is 133 Å². The maximum absolute atomic E-state index is 12.5. The van der Waals surface area contributed by atoms with Crippen molar-refractivity contribution >= 4 is 11.6 Å². The first kappa shape index (κ1) is 17.6. The monoisotopic (exact) mass is 330 g/mol. The lowest BCUT2D eigenvalue weighted by atomic mass is 10.1. The maximum atomic E-state index is 12.5. The number of benzene rings is 1. The molecule has 0 unspecified atom stereocenters. The van der Waals surface area contributed by atoms with E-state index in [1.165, 1.54) is 0 Å². The number of rotatable bonds is 6. The number of carbonyl (C=O) groups is 1. The lowest BCUT2D eigenvalue weighted by molar-refractivity contribution is -0.157. The van der Waals surface area contributed by atoms with Crippen molar-refractivity contribution < 1.29 is 23.1 Å². The summed E-state index contributed by atoms with van der Waals surface area (Å²) >= 11 is 0. The number of aliphatic hydroxyl groups excluding tert-OH is 1. The topological polar surface area (TPSA) is 43.8 Å². The van der Waals surface area contributed by atoms with Gasteiger partial charge in [-0.05, 0) is 25.0 Å². The van der Waals surface area contributed by atoms with Crippen molar-refractivity contribution in [3.8, 4) is 0 Å². The molecule has 1 amide bonds. The van der Waals surface area contributed by atoms with E-state index in [0.717, 1.165) is 10.6 Å². The van der Waals surface area contributed by atoms with Gasteiger partial charge in [-0.3, -0.25) is 4.79 Å². The zero-order valence-corrected chi connectivity index (χ0v) is 13.0. The van der Waals surface area contributed by atoms with Gasteiger partial charge < -0.3 is 14.9 Å². The molecule has 0 spiro atoms. The summed E-state index contributed by atoms with van der Waals surface area (Å²) in [5.74, 6) is -0.533. The molecular formula is C16H21F3N2O2. The average molecular weight is 330 g/mol. The van der Waals surface area contributed by atoms with Crippen LogP contribution in [0.5, 0.6) is 0 Å². The van der Waals surface area contributed by atoms with Crippen molar-refractivity contribution in [1.82, 2.24) is 4.90 Å². The fraction of sp³-hybridized carbons (Fsp3) is 0.562. The van der Waals surface area contributed by atoms with Gasteiger partial charge in [-0.25, -0.2) is 0 Å². The molecule has 1 N–H and O–H groups in total. The van der Waals surface area contributed by atoms with Crippen molar-refractivity contribution in [3.63, 3.8) is 0 Å². The quantitative estimate of drug-likeness (QED) is 0.871. The van der Waals surface area contributed by atoms with Crippen LogP contribution in [0.25, 0.3) is 0 Å². The number of aliphatic hydroxyl groups is 1. The first-order chi connectivity index (χ1) is 10.8. The van der Waals surface area contributed by atoms with Crippen LogP contribution in [0.15, 0.2) is 30.3 Å². The number of nitrogens with zero attached hydrogens (tertiary/aromatic N) is 2. The second-order valence-electron chi connectivity index (χ2n) is 5.73. The number of para-hydroxylation sites is 1. The summed E-state index contributed by atoms with van der Waals surface area (Å²) in [5, 5.41) is 9.94. The minimum atomic E-state index is -4.40. The summed E-state index contributed by atoms with van der Waals surface area (Å²) in [4.78, 5) is 14.9. The molecule has 1 aromatic rings. The largest absolute Gasteiger partial charge is 0.406 e. The summed E-state index contributed by atoms with van der Waals surface area (Å²) in [7, 11) is 0. The van der Waals surface area contributed by atoms with E-state index in [9.17, 15) is 23.1 Å². The summed E-state index contributed by atoms with van der Waals surface area (Å²) in [5.41, 5.74) is 0.729. The molecule has 4 nitrogen and oxygen atoms in total. The lowest BCUT2D eigenvalue weighted by Crippen LogP contribution is -2.46. The van der Waals surface area contributed by atoms with E-state index < -0.39 is 30.8 Å². The summed E-state index contributed by atoms with van der Waals surface area (Å²) < 4.78 is 37.6. The Morgan fingerprint density at radius 1 is 1.35 bits per heavy atom. The van der Waals surface area contributed by atoms with E-state index in [0.29, 0.717) is 12.8 Å². The van der Waals surface area contributed by atoms with Crippen molar-refractivity contribution in [2.24, 2.45) is 0 Å². The number of amides is 1. The van der Waals surface area contributed by atoms with E-state index in [-0.39, 0.29) is 13.1 Å². The molecule has 1 aliphatic heterocycles. The molecule has 2 rings (SSSR count). The van der Waals surface area contributed by atoms with Crippen molar-refractivity contribution in [1.29, 1.82) is 0 Å². The summed E-state index contributed by atoms with van der Waals surface area (Å²) in [6.07, 6.45) is -4.21. The Morgan fingerprint density at radius 2 is 2.00 bits per heavy atom. The highest BCUT2D eigenvalue weighted by molar-refractivity contribution is 5.87. The van der Waals surface area contributed by atoms with Crippen LogP contribution in [-0.2, 0) is 4.79 Å². The van der Waals surface area contributed by atoms with Crippen molar-refractivity contribution in [3.05, 3.63) is 30.3 Å². The Hall–Kier alpha value is -1.76. The SMILES string of the molecule is CC[C@@H](O)CN(c1ccccc1)[C@@H]1CCN(CC(F)(F)F)C1=O. The third-order valence-corrected chi connectivity index (χ3v) is 3.98. The van der Waals surface area contributed by atoms with Gasteiger partial charge in [0.1, 0.15) is 12.6 Å². The van der Waals surface area contributed by atoms with Gasteiger partial charge in [-0.2, -0.15) is 13.2 Å². The molecule has 2 atom stereocenters. The van der Waals surface area contributed by atoms with E-state index in [4.69, 9.17) is 0 Å². The standard InChI is InChI=1S/C16H21F3N2O2/c1-2-13(22)10-21(12-6-4-3-5-7-12)14-8-9-20(15(14)23)11-16(17,18)19/h3-7,13-14,22H,2,8-11H2,1H3/t13-,14-/m1/s1. The van der Waals surface area contributed by atoms with E-state index in [2.05, 4.69) is 0 Å². The molecule has 1 aliphatic rings. The number of halogens is 3. The molecule has 1 fully saturated rings. The summed E-state index contributed by atoms with van der Waals surface area (Å²) in [6, 6.07) is 8.34. The first-order valence-electron chi connectivity index (χ1n) is 7.67. The maximum Gasteiger partial charge on any atom is 0.406 e. The third kappa shape index (κ3) is 4.60. The molecule has 0 aliphatic carbocycles. The second-order valence-corrected chi connectivity index (χ2v) is 5.73. The fourth-order valence-electron chi connectivity index (χ4n) is 2.77. The molecule has 0 saturated carbocycles. The molecule has 23 heavy (non-hydrogen) atoms. The molecule has 1 heterocycles. The van der Waals surface area contributed by atoms with Gasteiger partial charge in [-0.1, -0.05) is 25.1 Å². The van der Waals surface area contributed by atoms with Crippen LogP contribution in [0.2, 0.25) is 0 Å². The lowest BCUT2D eigenvalue weighted by Gasteiger charge is -2.32. The van der Waals surface area contributed by atoms with Crippen LogP contribution in [0.3, 0.4) is 0 Å². The molecule has 0 bridgehead atoms. The number of anilines is 1. The first-order valence-corrected chi connectivity index (χ1v) is 7.67. The van der Waals surface area contributed by atoms with Gasteiger partial charge in [0, 0.05) is 18.8 Å². The van der Waals surface area contributed by atoms with Gasteiger partial charge in [0.2, 0.25) is 5.91 Å². The second kappa shape index (κ2) is 7.21. The predicted molar refractivity (Wildman–Crippen MR) is 81.1 cm³/mol. The van der Waals surface area contributed by atoms with Crippen molar-refractivity contribution in [2.75, 3.05) is 24.5 Å². The Balaban J connectivity index is 2.18. The molecular weight excluding hydrogens is 309 g/mol. The fourth-order valence-corrected chi connectivity index (χ4v) is 2.77. The van der Waals surface area contributed by atoms with Gasteiger partial charge in [0.15, 0.2) is 0 Å². The van der Waals surface area contributed by atoms with Gasteiger partial charge in [-0.15, -0.1) is 0 Å². The van der Waals surface area contributed by atoms with E-state index >= 15 is 0 Å². The third-order valence-electron chi connectivity index (χ3n) is 3.98. The van der Waals surface area contributed by atoms with Crippen LogP contribution < -0.4 is 4.90 Å². The minimum Gasteiger partial charge on any atom is -0.391 e. The number of hydrogen-bond acceptors (Lipinski definition) is 3. The van der Waals surface area contributed by atoms with Crippen LogP contribution in [0.4, 0.5) is 18.9 Å². The predicted octanol–water partition coefficient (Wildman–Crippen LogP) is 2.43. The normalized spacial score (nSPS) is 20.0. The number of hydrogen-bond donors (Lipinski definition) is 1. The van der Waals surface area contributed by atoms with Gasteiger partial charge in [0.05, 0.1) is 6.10 Å². The smallest absolute Gasteiger partial charge is 0.391 e.